The van der Waals surface area contributed by atoms with Gasteiger partial charge in [-0.2, -0.15) is 4.98 Å². The maximum Gasteiger partial charge on any atom is 0.258 e. The van der Waals surface area contributed by atoms with Crippen LogP contribution in [0.5, 0.6) is 5.88 Å². The molecule has 2 aliphatic rings. The summed E-state index contributed by atoms with van der Waals surface area (Å²) in [5.41, 5.74) is 0.306. The quantitative estimate of drug-likeness (QED) is 0.652. The molecule has 0 bridgehead atoms. The minimum absolute atomic E-state index is 0.0629. The molecule has 2 aliphatic carbocycles. The van der Waals surface area contributed by atoms with Crippen molar-refractivity contribution in [3.63, 3.8) is 0 Å². The summed E-state index contributed by atoms with van der Waals surface area (Å²) in [6.07, 6.45) is 15.3. The van der Waals surface area contributed by atoms with Crippen molar-refractivity contribution < 1.29 is 17.9 Å². The van der Waals surface area contributed by atoms with Crippen molar-refractivity contribution in [1.29, 1.82) is 0 Å². The van der Waals surface area contributed by atoms with Crippen LogP contribution in [0.1, 0.15) is 93.2 Å². The summed E-state index contributed by atoms with van der Waals surface area (Å²) in [5, 5.41) is 3.90. The van der Waals surface area contributed by atoms with Gasteiger partial charge in [-0.1, -0.05) is 31.8 Å². The lowest BCUT2D eigenvalue weighted by atomic mass is 10.1. The maximum atomic E-state index is 12.9. The largest absolute Gasteiger partial charge is 0.474 e. The van der Waals surface area contributed by atoms with Gasteiger partial charge < -0.3 is 10.1 Å². The number of carbonyl (C=O) groups excluding carboxylic acids is 1. The second-order valence-corrected chi connectivity index (χ2v) is 10.5. The van der Waals surface area contributed by atoms with Crippen LogP contribution in [0.2, 0.25) is 0 Å². The summed E-state index contributed by atoms with van der Waals surface area (Å²) in [7, 11) is -3.25. The fraction of sp³-hybridized carbons (Fsp3) is 0.682. The van der Waals surface area contributed by atoms with Crippen molar-refractivity contribution in [1.82, 2.24) is 15.3 Å². The molecule has 1 atom stereocenters. The Kier molecular flexibility index (Phi) is 7.86. The van der Waals surface area contributed by atoms with E-state index < -0.39 is 15.9 Å². The van der Waals surface area contributed by atoms with Gasteiger partial charge in [-0.3, -0.25) is 4.79 Å². The number of aromatic nitrogens is 2. The lowest BCUT2D eigenvalue weighted by Crippen LogP contribution is -2.32. The van der Waals surface area contributed by atoms with Gasteiger partial charge in [0, 0.05) is 29.8 Å². The number of rotatable bonds is 7. The molecule has 0 aromatic carbocycles. The zero-order valence-corrected chi connectivity index (χ0v) is 18.8. The molecule has 30 heavy (non-hydrogen) atoms. The van der Waals surface area contributed by atoms with Crippen molar-refractivity contribution in [2.75, 3.05) is 6.26 Å². The van der Waals surface area contributed by atoms with Crippen LogP contribution < -0.4 is 10.1 Å². The molecule has 0 spiro atoms. The number of sulfone groups is 1. The lowest BCUT2D eigenvalue weighted by molar-refractivity contribution is 0.0935. The van der Waals surface area contributed by atoms with E-state index in [0.717, 1.165) is 56.0 Å². The fourth-order valence-corrected chi connectivity index (χ4v) is 4.64. The van der Waals surface area contributed by atoms with Crippen molar-refractivity contribution in [2.45, 2.75) is 89.2 Å². The van der Waals surface area contributed by atoms with E-state index in [1.54, 1.807) is 13.1 Å². The molecule has 1 heterocycles. The van der Waals surface area contributed by atoms with E-state index in [1.807, 2.05) is 0 Å². The zero-order chi connectivity index (χ0) is 21.6. The van der Waals surface area contributed by atoms with Crippen LogP contribution in [-0.4, -0.2) is 42.7 Å². The molecular formula is C22H33N3O4S. The minimum atomic E-state index is -3.25. The van der Waals surface area contributed by atoms with Gasteiger partial charge in [0.1, 0.15) is 17.5 Å². The maximum absolute atomic E-state index is 12.9. The highest BCUT2D eigenvalue weighted by Gasteiger charge is 2.25. The van der Waals surface area contributed by atoms with Gasteiger partial charge in [0.15, 0.2) is 9.84 Å². The Morgan fingerprint density at radius 2 is 1.77 bits per heavy atom. The Bertz CT molecular complexity index is 855. The third-order valence-electron chi connectivity index (χ3n) is 5.79. The number of nitrogens with one attached hydrogen (secondary N) is 1. The fourth-order valence-electron chi connectivity index (χ4n) is 4.12. The van der Waals surface area contributed by atoms with Gasteiger partial charge in [0.2, 0.25) is 5.88 Å². The molecule has 0 saturated heterocycles. The van der Waals surface area contributed by atoms with Gasteiger partial charge in [-0.25, -0.2) is 13.4 Å². The van der Waals surface area contributed by atoms with E-state index >= 15 is 0 Å². The second-order valence-electron chi connectivity index (χ2n) is 8.58. The highest BCUT2D eigenvalue weighted by Crippen LogP contribution is 2.33. The molecular weight excluding hydrogens is 402 g/mol. The number of amides is 1. The van der Waals surface area contributed by atoms with Gasteiger partial charge in [0.25, 0.3) is 5.91 Å². The highest BCUT2D eigenvalue weighted by atomic mass is 32.2. The molecule has 2 saturated carbocycles. The van der Waals surface area contributed by atoms with Crippen LogP contribution in [-0.2, 0) is 9.84 Å². The Morgan fingerprint density at radius 1 is 1.13 bits per heavy atom. The molecule has 166 valence electrons. The molecule has 1 aromatic rings. The third-order valence-corrected chi connectivity index (χ3v) is 6.44. The molecule has 0 aliphatic heterocycles. The Labute approximate surface area is 179 Å². The first-order valence-electron chi connectivity index (χ1n) is 11.0. The average Bonchev–Trinajstić information content (AvgIpc) is 3.11. The van der Waals surface area contributed by atoms with E-state index in [9.17, 15) is 13.2 Å². The smallest absolute Gasteiger partial charge is 0.258 e. The van der Waals surface area contributed by atoms with Crippen molar-refractivity contribution >= 4 is 15.7 Å². The van der Waals surface area contributed by atoms with Crippen LogP contribution in [0.4, 0.5) is 0 Å². The summed E-state index contributed by atoms with van der Waals surface area (Å²) in [6, 6.07) is -0.451. The topological polar surface area (TPSA) is 98.2 Å². The lowest BCUT2D eigenvalue weighted by Gasteiger charge is -2.20. The molecule has 1 aromatic heterocycles. The van der Waals surface area contributed by atoms with Gasteiger partial charge in [0.05, 0.1) is 0 Å². The predicted molar refractivity (Wildman–Crippen MR) is 116 cm³/mol. The van der Waals surface area contributed by atoms with Crippen LogP contribution in [0.3, 0.4) is 0 Å². The Balaban J connectivity index is 1.80. The van der Waals surface area contributed by atoms with Crippen molar-refractivity contribution in [2.24, 2.45) is 0 Å². The predicted octanol–water partition coefficient (Wildman–Crippen LogP) is 3.91. The summed E-state index contributed by atoms with van der Waals surface area (Å²) in [5.74, 6) is 1.09. The van der Waals surface area contributed by atoms with E-state index in [4.69, 9.17) is 4.74 Å². The van der Waals surface area contributed by atoms with Crippen LogP contribution in [0.15, 0.2) is 17.7 Å². The first-order valence-corrected chi connectivity index (χ1v) is 13.0. The number of hydrogen-bond acceptors (Lipinski definition) is 6. The Hall–Kier alpha value is -1.96. The summed E-state index contributed by atoms with van der Waals surface area (Å²) < 4.78 is 28.9. The van der Waals surface area contributed by atoms with Gasteiger partial charge in [-0.05, 0) is 45.4 Å². The first kappa shape index (κ1) is 22.7. The van der Waals surface area contributed by atoms with E-state index in [2.05, 4.69) is 15.3 Å². The van der Waals surface area contributed by atoms with E-state index in [1.165, 1.54) is 31.8 Å². The van der Waals surface area contributed by atoms with Crippen LogP contribution >= 0.6 is 0 Å². The zero-order valence-electron chi connectivity index (χ0n) is 18.0. The number of hydrogen-bond donors (Lipinski definition) is 1. The first-order chi connectivity index (χ1) is 14.3. The SMILES string of the molecule is C[C@@H](/C=C/S(C)(=O)=O)NC(=O)c1cnc(C2CCCC2)nc1OC1CCCCCC1. The molecule has 3 rings (SSSR count). The van der Waals surface area contributed by atoms with E-state index in [-0.39, 0.29) is 12.0 Å². The molecule has 1 N–H and O–H groups in total. The van der Waals surface area contributed by atoms with Gasteiger partial charge in [-0.15, -0.1) is 0 Å². The van der Waals surface area contributed by atoms with E-state index in [0.29, 0.717) is 17.4 Å². The molecule has 1 amide bonds. The van der Waals surface area contributed by atoms with Crippen LogP contribution in [0.25, 0.3) is 0 Å². The monoisotopic (exact) mass is 435 g/mol. The molecule has 0 unspecified atom stereocenters. The van der Waals surface area contributed by atoms with Crippen LogP contribution in [0, 0.1) is 0 Å². The number of carbonyl (C=O) groups is 1. The third kappa shape index (κ3) is 6.79. The average molecular weight is 436 g/mol. The Morgan fingerprint density at radius 3 is 2.40 bits per heavy atom. The van der Waals surface area contributed by atoms with Crippen molar-refractivity contribution in [3.05, 3.63) is 29.1 Å². The summed E-state index contributed by atoms with van der Waals surface area (Å²) in [4.78, 5) is 22.1. The molecule has 8 heteroatoms. The second kappa shape index (κ2) is 10.4. The highest BCUT2D eigenvalue weighted by molar-refractivity contribution is 7.93. The number of ether oxygens (including phenoxy) is 1. The van der Waals surface area contributed by atoms with Gasteiger partial charge >= 0.3 is 0 Å². The standard InChI is InChI=1S/C22H33N3O4S/c1-16(13-14-30(2,27)28)24-21(26)19-15-23-20(17-9-7-8-10-17)25-22(19)29-18-11-5-3-4-6-12-18/h13-18H,3-12H2,1-2H3,(H,24,26)/b14-13+/t16-/m0/s1. The molecule has 0 radical (unpaired) electrons. The minimum Gasteiger partial charge on any atom is -0.474 e. The summed E-state index contributed by atoms with van der Waals surface area (Å²) >= 11 is 0. The van der Waals surface area contributed by atoms with Crippen molar-refractivity contribution in [3.8, 4) is 5.88 Å². The molecule has 7 nitrogen and oxygen atoms in total. The molecule has 2 fully saturated rings. The normalized spacial score (nSPS) is 20.2. The summed E-state index contributed by atoms with van der Waals surface area (Å²) in [6.45, 7) is 1.72. The number of nitrogens with zero attached hydrogens (tertiary/aromatic N) is 2.